The zero-order chi connectivity index (χ0) is 12.3. The molecule has 0 aliphatic rings. The number of ether oxygens (including phenoxy) is 1. The molecule has 0 fully saturated rings. The lowest BCUT2D eigenvalue weighted by Crippen LogP contribution is -2.17. The van der Waals surface area contributed by atoms with Gasteiger partial charge >= 0.3 is 0 Å². The first-order valence-corrected chi connectivity index (χ1v) is 7.41. The molecule has 0 spiro atoms. The molecule has 1 atom stereocenters. The highest BCUT2D eigenvalue weighted by atomic mass is 35.5. The summed E-state index contributed by atoms with van der Waals surface area (Å²) in [4.78, 5) is 4.56. The number of rotatable bonds is 5. The number of thiazole rings is 1. The standard InChI is InChI=1S/C12H16N2OS2.ClH/c1-3-15-9-4-5-10-11(6-9)17-12(14-10)16-7-8(2)13;/h4-6,8H,3,7,13H2,1-2H3;1H. The minimum absolute atomic E-state index is 0. The highest BCUT2D eigenvalue weighted by Gasteiger charge is 2.06. The molecule has 0 aliphatic carbocycles. The molecule has 18 heavy (non-hydrogen) atoms. The minimum atomic E-state index is 0. The van der Waals surface area contributed by atoms with Crippen molar-refractivity contribution in [2.75, 3.05) is 12.4 Å². The third kappa shape index (κ3) is 4.02. The van der Waals surface area contributed by atoms with Crippen LogP contribution in [0.15, 0.2) is 22.5 Å². The lowest BCUT2D eigenvalue weighted by Gasteiger charge is -2.00. The molecule has 0 aliphatic heterocycles. The Morgan fingerprint density at radius 1 is 1.50 bits per heavy atom. The van der Waals surface area contributed by atoms with Gasteiger partial charge in [0.05, 0.1) is 16.8 Å². The van der Waals surface area contributed by atoms with Crippen LogP contribution >= 0.6 is 35.5 Å². The second-order valence-electron chi connectivity index (χ2n) is 3.83. The average Bonchev–Trinajstić information content (AvgIpc) is 2.69. The van der Waals surface area contributed by atoms with E-state index in [1.165, 1.54) is 4.70 Å². The molecule has 1 aromatic heterocycles. The zero-order valence-corrected chi connectivity index (χ0v) is 12.8. The highest BCUT2D eigenvalue weighted by Crippen LogP contribution is 2.31. The first-order chi connectivity index (χ1) is 8.19. The van der Waals surface area contributed by atoms with Crippen LogP contribution in [-0.2, 0) is 0 Å². The van der Waals surface area contributed by atoms with E-state index in [0.29, 0.717) is 6.61 Å². The number of hydrogen-bond donors (Lipinski definition) is 1. The SMILES string of the molecule is CCOc1ccc2nc(SCC(C)N)sc2c1.Cl. The molecule has 0 radical (unpaired) electrons. The van der Waals surface area contributed by atoms with Crippen LogP contribution in [0.3, 0.4) is 0 Å². The number of halogens is 1. The summed E-state index contributed by atoms with van der Waals surface area (Å²) < 4.78 is 7.72. The van der Waals surface area contributed by atoms with Gasteiger partial charge in [0, 0.05) is 11.8 Å². The van der Waals surface area contributed by atoms with Gasteiger partial charge in [-0.3, -0.25) is 0 Å². The maximum atomic E-state index is 5.73. The van der Waals surface area contributed by atoms with Crippen molar-refractivity contribution in [3.05, 3.63) is 18.2 Å². The molecule has 0 bridgehead atoms. The Labute approximate surface area is 122 Å². The smallest absolute Gasteiger partial charge is 0.151 e. The van der Waals surface area contributed by atoms with E-state index in [9.17, 15) is 0 Å². The molecular formula is C12H17ClN2OS2. The number of thioether (sulfide) groups is 1. The third-order valence-corrected chi connectivity index (χ3v) is 4.57. The van der Waals surface area contributed by atoms with Crippen LogP contribution in [-0.4, -0.2) is 23.4 Å². The summed E-state index contributed by atoms with van der Waals surface area (Å²) in [7, 11) is 0. The molecule has 100 valence electrons. The van der Waals surface area contributed by atoms with E-state index in [1.54, 1.807) is 23.1 Å². The van der Waals surface area contributed by atoms with Gasteiger partial charge in [0.1, 0.15) is 5.75 Å². The zero-order valence-electron chi connectivity index (χ0n) is 10.4. The molecule has 1 unspecified atom stereocenters. The second-order valence-corrected chi connectivity index (χ2v) is 6.13. The highest BCUT2D eigenvalue weighted by molar-refractivity contribution is 8.01. The molecule has 2 aromatic rings. The van der Waals surface area contributed by atoms with Gasteiger partial charge in [-0.2, -0.15) is 0 Å². The van der Waals surface area contributed by atoms with E-state index >= 15 is 0 Å². The Balaban J connectivity index is 0.00000162. The normalized spacial score (nSPS) is 12.2. The van der Waals surface area contributed by atoms with Gasteiger partial charge in [-0.15, -0.1) is 23.7 Å². The number of nitrogens with two attached hydrogens (primary N) is 1. The fourth-order valence-corrected chi connectivity index (χ4v) is 3.41. The largest absolute Gasteiger partial charge is 0.494 e. The van der Waals surface area contributed by atoms with Crippen molar-refractivity contribution in [1.29, 1.82) is 0 Å². The molecule has 3 nitrogen and oxygen atoms in total. The first kappa shape index (κ1) is 15.6. The summed E-state index contributed by atoms with van der Waals surface area (Å²) in [5.41, 5.74) is 6.77. The number of hydrogen-bond acceptors (Lipinski definition) is 5. The third-order valence-electron chi connectivity index (χ3n) is 2.12. The first-order valence-electron chi connectivity index (χ1n) is 5.61. The predicted octanol–water partition coefficient (Wildman–Crippen LogP) is 3.56. The van der Waals surface area contributed by atoms with E-state index in [0.717, 1.165) is 21.4 Å². The molecule has 0 amide bonds. The topological polar surface area (TPSA) is 48.1 Å². The Hall–Kier alpha value is -0.490. The van der Waals surface area contributed by atoms with E-state index in [-0.39, 0.29) is 18.4 Å². The van der Waals surface area contributed by atoms with Gasteiger partial charge in [0.25, 0.3) is 0 Å². The van der Waals surface area contributed by atoms with Crippen molar-refractivity contribution in [3.8, 4) is 5.75 Å². The van der Waals surface area contributed by atoms with E-state index in [2.05, 4.69) is 4.98 Å². The van der Waals surface area contributed by atoms with Gasteiger partial charge in [0.15, 0.2) is 4.34 Å². The lowest BCUT2D eigenvalue weighted by molar-refractivity contribution is 0.341. The van der Waals surface area contributed by atoms with Gasteiger partial charge in [-0.05, 0) is 32.0 Å². The van der Waals surface area contributed by atoms with Crippen LogP contribution in [0.1, 0.15) is 13.8 Å². The summed E-state index contributed by atoms with van der Waals surface area (Å²) in [6.45, 7) is 4.69. The van der Waals surface area contributed by atoms with Gasteiger partial charge < -0.3 is 10.5 Å². The van der Waals surface area contributed by atoms with Crippen molar-refractivity contribution in [2.24, 2.45) is 5.73 Å². The van der Waals surface area contributed by atoms with Gasteiger partial charge in [-0.1, -0.05) is 11.8 Å². The Morgan fingerprint density at radius 3 is 2.94 bits per heavy atom. The molecule has 6 heteroatoms. The molecule has 0 saturated heterocycles. The van der Waals surface area contributed by atoms with Crippen molar-refractivity contribution >= 4 is 45.7 Å². The van der Waals surface area contributed by atoms with Crippen LogP contribution in [0.4, 0.5) is 0 Å². The summed E-state index contributed by atoms with van der Waals surface area (Å²) in [5, 5.41) is 0. The summed E-state index contributed by atoms with van der Waals surface area (Å²) in [5.74, 6) is 1.81. The number of nitrogens with zero attached hydrogens (tertiary/aromatic N) is 1. The van der Waals surface area contributed by atoms with Gasteiger partial charge in [-0.25, -0.2) is 4.98 Å². The van der Waals surface area contributed by atoms with Crippen LogP contribution in [0.25, 0.3) is 10.2 Å². The molecule has 0 saturated carbocycles. The van der Waals surface area contributed by atoms with Crippen molar-refractivity contribution < 1.29 is 4.74 Å². The summed E-state index contributed by atoms with van der Waals surface area (Å²) in [6, 6.07) is 6.22. The van der Waals surface area contributed by atoms with E-state index in [1.807, 2.05) is 32.0 Å². The molecule has 2 rings (SSSR count). The van der Waals surface area contributed by atoms with Crippen LogP contribution in [0.5, 0.6) is 5.75 Å². The van der Waals surface area contributed by atoms with Crippen LogP contribution < -0.4 is 10.5 Å². The van der Waals surface area contributed by atoms with Crippen molar-refractivity contribution in [1.82, 2.24) is 4.98 Å². The summed E-state index contributed by atoms with van der Waals surface area (Å²) >= 11 is 3.41. The quantitative estimate of drug-likeness (QED) is 0.858. The van der Waals surface area contributed by atoms with Crippen molar-refractivity contribution in [2.45, 2.75) is 24.2 Å². The fourth-order valence-electron chi connectivity index (χ4n) is 1.40. The van der Waals surface area contributed by atoms with Crippen molar-refractivity contribution in [3.63, 3.8) is 0 Å². The molecule has 1 aromatic carbocycles. The summed E-state index contributed by atoms with van der Waals surface area (Å²) in [6.07, 6.45) is 0. The van der Waals surface area contributed by atoms with E-state index < -0.39 is 0 Å². The Bertz CT molecular complexity index is 502. The maximum Gasteiger partial charge on any atom is 0.151 e. The van der Waals surface area contributed by atoms with Crippen LogP contribution in [0.2, 0.25) is 0 Å². The van der Waals surface area contributed by atoms with E-state index in [4.69, 9.17) is 10.5 Å². The molecular weight excluding hydrogens is 288 g/mol. The Kier molecular flexibility index (Phi) is 6.21. The molecule has 1 heterocycles. The van der Waals surface area contributed by atoms with Gasteiger partial charge in [0.2, 0.25) is 0 Å². The number of benzene rings is 1. The lowest BCUT2D eigenvalue weighted by atomic mass is 10.3. The average molecular weight is 305 g/mol. The maximum absolute atomic E-state index is 5.73. The monoisotopic (exact) mass is 304 g/mol. The number of fused-ring (bicyclic) bond motifs is 1. The van der Waals surface area contributed by atoms with Crippen LogP contribution in [0, 0.1) is 0 Å². The number of aromatic nitrogens is 1. The molecule has 2 N–H and O–H groups in total. The predicted molar refractivity (Wildman–Crippen MR) is 82.4 cm³/mol. The second kappa shape index (κ2) is 7.19. The minimum Gasteiger partial charge on any atom is -0.494 e. The fraction of sp³-hybridized carbons (Fsp3) is 0.417. The Morgan fingerprint density at radius 2 is 2.28 bits per heavy atom.